The highest BCUT2D eigenvalue weighted by Crippen LogP contribution is 2.30. The maximum Gasteiger partial charge on any atom is 0.338 e. The third-order valence-electron chi connectivity index (χ3n) is 4.88. The second-order valence-corrected chi connectivity index (χ2v) is 8.73. The lowest BCUT2D eigenvalue weighted by Gasteiger charge is -2.24. The second-order valence-electron chi connectivity index (χ2n) is 6.88. The largest absolute Gasteiger partial charge is 0.463 e. The first-order valence-corrected chi connectivity index (χ1v) is 11.2. The Morgan fingerprint density at radius 2 is 1.97 bits per heavy atom. The molecule has 1 aliphatic rings. The number of ether oxygens (including phenoxy) is 1. The van der Waals surface area contributed by atoms with Gasteiger partial charge in [-0.25, -0.2) is 9.79 Å². The lowest BCUT2D eigenvalue weighted by molar-refractivity contribution is -0.139. The highest BCUT2D eigenvalue weighted by molar-refractivity contribution is 7.07. The summed E-state index contributed by atoms with van der Waals surface area (Å²) < 4.78 is 7.29. The number of thiazole rings is 1. The molecule has 0 N–H and O–H groups in total. The third kappa shape index (κ3) is 4.11. The first kappa shape index (κ1) is 21.6. The van der Waals surface area contributed by atoms with Crippen LogP contribution in [0.4, 0.5) is 0 Å². The minimum absolute atomic E-state index is 0.233. The highest BCUT2D eigenvalue weighted by atomic mass is 35.5. The van der Waals surface area contributed by atoms with Gasteiger partial charge in [-0.15, -0.1) is 0 Å². The second kappa shape index (κ2) is 8.83. The van der Waals surface area contributed by atoms with Crippen LogP contribution in [0.3, 0.4) is 0 Å². The summed E-state index contributed by atoms with van der Waals surface area (Å²) in [5.74, 6) is -0.479. The molecule has 8 heteroatoms. The van der Waals surface area contributed by atoms with E-state index < -0.39 is 12.0 Å². The van der Waals surface area contributed by atoms with E-state index in [1.54, 1.807) is 42.7 Å². The predicted octanol–water partition coefficient (Wildman–Crippen LogP) is 4.11. The average Bonchev–Trinajstić information content (AvgIpc) is 3.04. The summed E-state index contributed by atoms with van der Waals surface area (Å²) in [6.07, 6.45) is 1.72. The first-order valence-electron chi connectivity index (χ1n) is 9.60. The van der Waals surface area contributed by atoms with Gasteiger partial charge in [-0.3, -0.25) is 9.36 Å². The van der Waals surface area contributed by atoms with Crippen molar-refractivity contribution in [1.82, 2.24) is 4.57 Å². The zero-order valence-corrected chi connectivity index (χ0v) is 19.1. The monoisotopic (exact) mass is 472 g/mol. The summed E-state index contributed by atoms with van der Waals surface area (Å²) >= 11 is 13.5. The van der Waals surface area contributed by atoms with Gasteiger partial charge in [0.05, 0.1) is 28.5 Å². The lowest BCUT2D eigenvalue weighted by Crippen LogP contribution is -2.39. The number of carbonyl (C=O) groups excluding carboxylic acids is 1. The van der Waals surface area contributed by atoms with E-state index in [0.717, 1.165) is 5.56 Å². The first-order chi connectivity index (χ1) is 14.9. The molecule has 1 atom stereocenters. The molecule has 0 radical (unpaired) electrons. The normalized spacial score (nSPS) is 16.1. The van der Waals surface area contributed by atoms with Crippen LogP contribution in [0.2, 0.25) is 10.0 Å². The molecule has 0 fully saturated rings. The number of rotatable bonds is 4. The number of carbonyl (C=O) groups is 1. The van der Waals surface area contributed by atoms with Gasteiger partial charge >= 0.3 is 5.97 Å². The number of esters is 1. The van der Waals surface area contributed by atoms with Crippen molar-refractivity contribution in [2.75, 3.05) is 6.61 Å². The fraction of sp³-hybridized carbons (Fsp3) is 0.174. The summed E-state index contributed by atoms with van der Waals surface area (Å²) in [7, 11) is 0. The molecular formula is C23H18Cl2N2O3S. The number of nitrogens with zero attached hydrogens (tertiary/aromatic N) is 2. The van der Waals surface area contributed by atoms with E-state index in [4.69, 9.17) is 27.9 Å². The minimum Gasteiger partial charge on any atom is -0.463 e. The topological polar surface area (TPSA) is 60.7 Å². The molecule has 2 aromatic carbocycles. The Labute approximate surface area is 192 Å². The number of hydrogen-bond acceptors (Lipinski definition) is 5. The van der Waals surface area contributed by atoms with Crippen molar-refractivity contribution in [3.63, 3.8) is 0 Å². The van der Waals surface area contributed by atoms with Gasteiger partial charge in [-0.1, -0.05) is 70.9 Å². The molecule has 5 nitrogen and oxygen atoms in total. The third-order valence-corrected chi connectivity index (χ3v) is 6.43. The van der Waals surface area contributed by atoms with Crippen LogP contribution in [0.1, 0.15) is 31.0 Å². The van der Waals surface area contributed by atoms with Gasteiger partial charge in [-0.2, -0.15) is 0 Å². The van der Waals surface area contributed by atoms with Crippen LogP contribution in [0.5, 0.6) is 0 Å². The number of hydrogen-bond donors (Lipinski definition) is 0. The van der Waals surface area contributed by atoms with Crippen molar-refractivity contribution in [2.24, 2.45) is 4.99 Å². The molecule has 31 heavy (non-hydrogen) atoms. The zero-order chi connectivity index (χ0) is 22.1. The summed E-state index contributed by atoms with van der Waals surface area (Å²) in [4.78, 5) is 31.3. The van der Waals surface area contributed by atoms with Crippen LogP contribution in [0.15, 0.2) is 69.6 Å². The van der Waals surface area contributed by atoms with Crippen molar-refractivity contribution in [1.29, 1.82) is 0 Å². The van der Waals surface area contributed by atoms with Crippen LogP contribution in [-0.4, -0.2) is 17.1 Å². The Morgan fingerprint density at radius 3 is 2.65 bits per heavy atom. The van der Waals surface area contributed by atoms with Crippen molar-refractivity contribution in [3.05, 3.63) is 101 Å². The van der Waals surface area contributed by atoms with Crippen LogP contribution < -0.4 is 14.9 Å². The molecule has 0 saturated carbocycles. The summed E-state index contributed by atoms with van der Waals surface area (Å²) in [6, 6.07) is 13.9. The Bertz CT molecular complexity index is 1370. The minimum atomic E-state index is -0.626. The van der Waals surface area contributed by atoms with Crippen molar-refractivity contribution < 1.29 is 9.53 Å². The summed E-state index contributed by atoms with van der Waals surface area (Å²) in [5.41, 5.74) is 2.12. The fourth-order valence-corrected chi connectivity index (χ4v) is 5.00. The molecule has 4 rings (SSSR count). The van der Waals surface area contributed by atoms with Gasteiger partial charge in [0.25, 0.3) is 5.56 Å². The predicted molar refractivity (Wildman–Crippen MR) is 123 cm³/mol. The molecular weight excluding hydrogens is 455 g/mol. The zero-order valence-electron chi connectivity index (χ0n) is 16.8. The van der Waals surface area contributed by atoms with Crippen molar-refractivity contribution in [2.45, 2.75) is 19.9 Å². The number of benzene rings is 2. The van der Waals surface area contributed by atoms with Gasteiger partial charge < -0.3 is 4.74 Å². The molecule has 1 aliphatic heterocycles. The number of aromatic nitrogens is 1. The maximum absolute atomic E-state index is 13.5. The van der Waals surface area contributed by atoms with Crippen LogP contribution in [0.25, 0.3) is 6.08 Å². The molecule has 0 spiro atoms. The Balaban J connectivity index is 1.96. The maximum atomic E-state index is 13.5. The van der Waals surface area contributed by atoms with Gasteiger partial charge in [0.15, 0.2) is 4.80 Å². The van der Waals surface area contributed by atoms with Crippen molar-refractivity contribution >= 4 is 46.6 Å². The molecule has 158 valence electrons. The van der Waals surface area contributed by atoms with Crippen LogP contribution >= 0.6 is 34.5 Å². The number of halogens is 2. The summed E-state index contributed by atoms with van der Waals surface area (Å²) in [6.45, 7) is 3.74. The van der Waals surface area contributed by atoms with E-state index in [0.29, 0.717) is 36.2 Å². The Morgan fingerprint density at radius 1 is 1.23 bits per heavy atom. The van der Waals surface area contributed by atoms with E-state index in [9.17, 15) is 9.59 Å². The molecule has 0 bridgehead atoms. The van der Waals surface area contributed by atoms with E-state index in [-0.39, 0.29) is 12.2 Å². The average molecular weight is 473 g/mol. The number of allylic oxidation sites excluding steroid dienone is 1. The standard InChI is InChI=1S/C23H18Cl2N2O3S/c1-3-30-22(29)19-13(2)26-23-27(20(19)14-7-5-4-6-8-14)21(28)18(31-23)11-15-9-10-16(24)12-17(15)25/h4-12,20H,3H2,1-2H3/b18-11+/t20-/m1/s1. The molecule has 0 saturated heterocycles. The molecule has 3 aromatic rings. The van der Waals surface area contributed by atoms with Crippen LogP contribution in [0, 0.1) is 0 Å². The SMILES string of the molecule is CCOC(=O)C1=C(C)N=c2s/c(=C/c3ccc(Cl)cc3Cl)c(=O)n2[C@@H]1c1ccccc1. The molecule has 0 unspecified atom stereocenters. The van der Waals surface area contributed by atoms with E-state index in [2.05, 4.69) is 4.99 Å². The van der Waals surface area contributed by atoms with Gasteiger partial charge in [-0.05, 0) is 43.2 Å². The Hall–Kier alpha value is -2.67. The van der Waals surface area contributed by atoms with Gasteiger partial charge in [0.2, 0.25) is 0 Å². The molecule has 2 heterocycles. The van der Waals surface area contributed by atoms with E-state index in [1.165, 1.54) is 11.3 Å². The quantitative estimate of drug-likeness (QED) is 0.536. The highest BCUT2D eigenvalue weighted by Gasteiger charge is 2.33. The van der Waals surface area contributed by atoms with Crippen molar-refractivity contribution in [3.8, 4) is 0 Å². The van der Waals surface area contributed by atoms with Gasteiger partial charge in [0.1, 0.15) is 0 Å². The number of fused-ring (bicyclic) bond motifs is 1. The van der Waals surface area contributed by atoms with E-state index >= 15 is 0 Å². The molecule has 0 aliphatic carbocycles. The molecule has 1 aromatic heterocycles. The molecule has 0 amide bonds. The Kier molecular flexibility index (Phi) is 6.14. The lowest BCUT2D eigenvalue weighted by atomic mass is 9.96. The van der Waals surface area contributed by atoms with Crippen LogP contribution in [-0.2, 0) is 9.53 Å². The smallest absolute Gasteiger partial charge is 0.338 e. The van der Waals surface area contributed by atoms with E-state index in [1.807, 2.05) is 30.3 Å². The fourth-order valence-electron chi connectivity index (χ4n) is 3.50. The van der Waals surface area contributed by atoms with Gasteiger partial charge in [0, 0.05) is 10.0 Å². The summed E-state index contributed by atoms with van der Waals surface area (Å²) in [5, 5.41) is 0.962.